The Balaban J connectivity index is 2.80. The van der Waals surface area contributed by atoms with Crippen LogP contribution in [0.1, 0.15) is 5.56 Å². The Labute approximate surface area is 91.0 Å². The molecule has 0 fully saturated rings. The van der Waals surface area contributed by atoms with Gasteiger partial charge in [0.1, 0.15) is 5.75 Å². The first kappa shape index (κ1) is 9.46. The van der Waals surface area contributed by atoms with Crippen molar-refractivity contribution in [3.63, 3.8) is 0 Å². The van der Waals surface area contributed by atoms with Gasteiger partial charge in [-0.3, -0.25) is 4.98 Å². The van der Waals surface area contributed by atoms with Gasteiger partial charge >= 0.3 is 0 Å². The number of halogens is 1. The highest BCUT2D eigenvalue weighted by molar-refractivity contribution is 9.10. The van der Waals surface area contributed by atoms with Crippen LogP contribution in [0.4, 0.5) is 0 Å². The van der Waals surface area contributed by atoms with Crippen LogP contribution in [0.5, 0.6) is 5.75 Å². The molecule has 2 rings (SSSR count). The van der Waals surface area contributed by atoms with Crippen molar-refractivity contribution in [3.05, 3.63) is 34.4 Å². The molecule has 2 nitrogen and oxygen atoms in total. The van der Waals surface area contributed by atoms with E-state index in [9.17, 15) is 0 Å². The Morgan fingerprint density at radius 1 is 1.36 bits per heavy atom. The number of hydrogen-bond acceptors (Lipinski definition) is 2. The highest BCUT2D eigenvalue weighted by Crippen LogP contribution is 2.27. The van der Waals surface area contributed by atoms with Gasteiger partial charge in [-0.15, -0.1) is 0 Å². The smallest absolute Gasteiger partial charge is 0.137 e. The molecular weight excluding hydrogens is 242 g/mol. The van der Waals surface area contributed by atoms with Gasteiger partial charge < -0.3 is 4.74 Å². The molecule has 0 spiro atoms. The van der Waals surface area contributed by atoms with Crippen LogP contribution in [-0.2, 0) is 0 Å². The lowest BCUT2D eigenvalue weighted by Gasteiger charge is -2.05. The van der Waals surface area contributed by atoms with Crippen LogP contribution in [0.3, 0.4) is 0 Å². The second kappa shape index (κ2) is 3.58. The number of benzene rings is 1. The van der Waals surface area contributed by atoms with E-state index in [-0.39, 0.29) is 0 Å². The molecule has 0 N–H and O–H groups in total. The number of ether oxygens (including phenoxy) is 1. The monoisotopic (exact) mass is 251 g/mol. The van der Waals surface area contributed by atoms with Gasteiger partial charge in [-0.05, 0) is 24.6 Å². The van der Waals surface area contributed by atoms with Gasteiger partial charge in [-0.1, -0.05) is 22.0 Å². The number of rotatable bonds is 1. The summed E-state index contributed by atoms with van der Waals surface area (Å²) >= 11 is 3.50. The topological polar surface area (TPSA) is 22.1 Å². The van der Waals surface area contributed by atoms with Gasteiger partial charge in [0.05, 0.1) is 18.8 Å². The first-order valence-corrected chi connectivity index (χ1v) is 5.10. The lowest BCUT2D eigenvalue weighted by molar-refractivity contribution is 0.413. The summed E-state index contributed by atoms with van der Waals surface area (Å²) in [6.45, 7) is 2.05. The fourth-order valence-electron chi connectivity index (χ4n) is 1.42. The van der Waals surface area contributed by atoms with Crippen LogP contribution in [0.2, 0.25) is 0 Å². The lowest BCUT2D eigenvalue weighted by Crippen LogP contribution is -1.88. The highest BCUT2D eigenvalue weighted by Gasteiger charge is 2.03. The second-order valence-corrected chi connectivity index (χ2v) is 3.99. The first-order valence-electron chi connectivity index (χ1n) is 4.31. The van der Waals surface area contributed by atoms with Crippen molar-refractivity contribution in [2.24, 2.45) is 0 Å². The quantitative estimate of drug-likeness (QED) is 0.776. The normalized spacial score (nSPS) is 10.5. The summed E-state index contributed by atoms with van der Waals surface area (Å²) in [6.07, 6.45) is 1.74. The van der Waals surface area contributed by atoms with Crippen LogP contribution in [-0.4, -0.2) is 12.1 Å². The van der Waals surface area contributed by atoms with Crippen molar-refractivity contribution in [3.8, 4) is 5.75 Å². The Morgan fingerprint density at radius 2 is 2.14 bits per heavy atom. The molecule has 0 aliphatic rings. The molecular formula is C11H10BrNO. The van der Waals surface area contributed by atoms with Crippen LogP contribution < -0.4 is 4.74 Å². The van der Waals surface area contributed by atoms with E-state index in [1.807, 2.05) is 25.1 Å². The fraction of sp³-hybridized carbons (Fsp3) is 0.182. The second-order valence-electron chi connectivity index (χ2n) is 3.14. The van der Waals surface area contributed by atoms with E-state index < -0.39 is 0 Å². The maximum atomic E-state index is 5.13. The van der Waals surface area contributed by atoms with Gasteiger partial charge in [0, 0.05) is 9.86 Å². The number of pyridine rings is 1. The average molecular weight is 252 g/mol. The highest BCUT2D eigenvalue weighted by atomic mass is 79.9. The third-order valence-electron chi connectivity index (χ3n) is 2.21. The van der Waals surface area contributed by atoms with Gasteiger partial charge in [-0.2, -0.15) is 0 Å². The third-order valence-corrected chi connectivity index (χ3v) is 2.90. The predicted molar refractivity (Wildman–Crippen MR) is 60.7 cm³/mol. The summed E-state index contributed by atoms with van der Waals surface area (Å²) in [5.41, 5.74) is 2.19. The molecule has 0 atom stereocenters. The summed E-state index contributed by atoms with van der Waals surface area (Å²) in [5.74, 6) is 0.781. The summed E-state index contributed by atoms with van der Waals surface area (Å²) in [7, 11) is 1.65. The van der Waals surface area contributed by atoms with E-state index in [4.69, 9.17) is 4.74 Å². The van der Waals surface area contributed by atoms with Crippen LogP contribution >= 0.6 is 15.9 Å². The zero-order chi connectivity index (χ0) is 10.1. The molecule has 0 amide bonds. The average Bonchev–Trinajstić information content (AvgIpc) is 2.23. The maximum absolute atomic E-state index is 5.13. The molecule has 0 unspecified atom stereocenters. The van der Waals surface area contributed by atoms with E-state index in [0.29, 0.717) is 0 Å². The minimum Gasteiger partial charge on any atom is -0.495 e. The number of aromatic nitrogens is 1. The molecule has 0 saturated heterocycles. The molecule has 1 aromatic heterocycles. The molecule has 1 aromatic carbocycles. The van der Waals surface area contributed by atoms with Crippen LogP contribution in [0.25, 0.3) is 10.9 Å². The molecule has 2 aromatic rings. The molecule has 0 saturated carbocycles. The zero-order valence-corrected chi connectivity index (χ0v) is 9.63. The van der Waals surface area contributed by atoms with Gasteiger partial charge in [-0.25, -0.2) is 0 Å². The molecule has 72 valence electrons. The van der Waals surface area contributed by atoms with E-state index in [1.54, 1.807) is 13.3 Å². The van der Waals surface area contributed by atoms with E-state index >= 15 is 0 Å². The van der Waals surface area contributed by atoms with Crippen LogP contribution in [0.15, 0.2) is 28.9 Å². The summed E-state index contributed by atoms with van der Waals surface area (Å²) in [4.78, 5) is 4.36. The molecule has 1 heterocycles. The van der Waals surface area contributed by atoms with Crippen molar-refractivity contribution in [1.82, 2.24) is 4.98 Å². The lowest BCUT2D eigenvalue weighted by atomic mass is 10.1. The molecule has 3 heteroatoms. The number of aryl methyl sites for hydroxylation is 1. The van der Waals surface area contributed by atoms with Gasteiger partial charge in [0.2, 0.25) is 0 Å². The number of hydrogen-bond donors (Lipinski definition) is 0. The van der Waals surface area contributed by atoms with E-state index in [0.717, 1.165) is 21.1 Å². The predicted octanol–water partition coefficient (Wildman–Crippen LogP) is 3.31. The molecule has 14 heavy (non-hydrogen) atoms. The third kappa shape index (κ3) is 1.48. The Morgan fingerprint density at radius 3 is 2.86 bits per heavy atom. The molecule has 0 bridgehead atoms. The summed E-state index contributed by atoms with van der Waals surface area (Å²) in [5, 5.41) is 1.09. The number of fused-ring (bicyclic) bond motifs is 1. The summed E-state index contributed by atoms with van der Waals surface area (Å²) in [6, 6.07) is 6.06. The van der Waals surface area contributed by atoms with E-state index in [1.165, 1.54) is 5.56 Å². The SMILES string of the molecule is COc1cnc2c(C)ccc(Br)c2c1. The van der Waals surface area contributed by atoms with Gasteiger partial charge in [0.25, 0.3) is 0 Å². The Hall–Kier alpha value is -1.09. The first-order chi connectivity index (χ1) is 6.72. The minimum atomic E-state index is 0.781. The zero-order valence-electron chi connectivity index (χ0n) is 8.04. The Kier molecular flexibility index (Phi) is 2.42. The fourth-order valence-corrected chi connectivity index (χ4v) is 1.85. The van der Waals surface area contributed by atoms with Crippen LogP contribution in [0, 0.1) is 6.92 Å². The minimum absolute atomic E-state index is 0.781. The molecule has 0 radical (unpaired) electrons. The van der Waals surface area contributed by atoms with E-state index in [2.05, 4.69) is 20.9 Å². The molecule has 0 aliphatic carbocycles. The number of methoxy groups -OCH3 is 1. The number of nitrogens with zero attached hydrogens (tertiary/aromatic N) is 1. The van der Waals surface area contributed by atoms with Gasteiger partial charge in [0.15, 0.2) is 0 Å². The van der Waals surface area contributed by atoms with Crippen molar-refractivity contribution >= 4 is 26.8 Å². The summed E-state index contributed by atoms with van der Waals surface area (Å²) < 4.78 is 6.18. The molecule has 0 aliphatic heterocycles. The standard InChI is InChI=1S/C11H10BrNO/c1-7-3-4-10(12)9-5-8(14-2)6-13-11(7)9/h3-6H,1-2H3. The van der Waals surface area contributed by atoms with Crippen molar-refractivity contribution < 1.29 is 4.74 Å². The largest absolute Gasteiger partial charge is 0.495 e. The van der Waals surface area contributed by atoms with Crippen molar-refractivity contribution in [2.45, 2.75) is 6.92 Å². The maximum Gasteiger partial charge on any atom is 0.137 e. The van der Waals surface area contributed by atoms with Crippen molar-refractivity contribution in [2.75, 3.05) is 7.11 Å². The van der Waals surface area contributed by atoms with Crippen molar-refractivity contribution in [1.29, 1.82) is 0 Å². The Bertz CT molecular complexity index is 482.